The van der Waals surface area contributed by atoms with Gasteiger partial charge >= 0.3 is 0 Å². The van der Waals surface area contributed by atoms with Crippen LogP contribution in [0.1, 0.15) is 54.4 Å². The third-order valence-corrected chi connectivity index (χ3v) is 9.42. The van der Waals surface area contributed by atoms with Gasteiger partial charge in [-0.25, -0.2) is 31.5 Å². The fraction of sp³-hybridized carbons (Fsp3) is 0.533. The molecule has 0 spiro atoms. The first kappa shape index (κ1) is 31.5. The summed E-state index contributed by atoms with van der Waals surface area (Å²) in [5.74, 6) is -6.87. The molecule has 3 aromatic rings. The topological polar surface area (TPSA) is 109 Å². The van der Waals surface area contributed by atoms with Gasteiger partial charge in [-0.1, -0.05) is 17.7 Å². The van der Waals surface area contributed by atoms with Crippen LogP contribution in [0.2, 0.25) is 5.02 Å². The number of carbonyl (C=O) groups excluding carboxylic acids is 2. The van der Waals surface area contributed by atoms with Crippen LogP contribution < -0.4 is 11.1 Å². The number of alkyl halides is 5. The van der Waals surface area contributed by atoms with Crippen LogP contribution in [0, 0.1) is 5.92 Å². The zero-order valence-electron chi connectivity index (χ0n) is 24.3. The summed E-state index contributed by atoms with van der Waals surface area (Å²) in [5, 5.41) is 7.10. The summed E-state index contributed by atoms with van der Waals surface area (Å²) in [7, 11) is 0. The number of aromatic nitrogens is 3. The highest BCUT2D eigenvalue weighted by atomic mass is 35.5. The molecule has 45 heavy (non-hydrogen) atoms. The number of rotatable bonds is 6. The van der Waals surface area contributed by atoms with Gasteiger partial charge in [0, 0.05) is 63.3 Å². The number of nitrogen functional groups attached to an aromatic ring is 1. The number of carbonyl (C=O) groups is 2. The van der Waals surface area contributed by atoms with Crippen molar-refractivity contribution in [2.24, 2.45) is 5.92 Å². The van der Waals surface area contributed by atoms with Crippen LogP contribution in [0.25, 0.3) is 16.8 Å². The maximum Gasteiger partial charge on any atom is 0.253 e. The summed E-state index contributed by atoms with van der Waals surface area (Å²) in [6, 6.07) is 5.56. The van der Waals surface area contributed by atoms with Gasteiger partial charge < -0.3 is 16.0 Å². The van der Waals surface area contributed by atoms with Crippen LogP contribution >= 0.6 is 11.6 Å². The molecule has 9 nitrogen and oxygen atoms in total. The highest BCUT2D eigenvalue weighted by Gasteiger charge is 2.43. The van der Waals surface area contributed by atoms with E-state index in [4.69, 9.17) is 17.3 Å². The number of likely N-dealkylation sites (tertiary alicyclic amines) is 2. The molecule has 15 heteroatoms. The van der Waals surface area contributed by atoms with Crippen molar-refractivity contribution < 1.29 is 31.5 Å². The minimum absolute atomic E-state index is 0.0411. The molecule has 6 rings (SSSR count). The number of amides is 2. The van der Waals surface area contributed by atoms with Crippen molar-refractivity contribution in [2.75, 3.05) is 31.9 Å². The van der Waals surface area contributed by atoms with Crippen LogP contribution in [0.3, 0.4) is 0 Å². The molecule has 2 amide bonds. The van der Waals surface area contributed by atoms with Gasteiger partial charge in [-0.3, -0.25) is 14.5 Å². The predicted molar refractivity (Wildman–Crippen MR) is 157 cm³/mol. The Morgan fingerprint density at radius 3 is 2.42 bits per heavy atom. The SMILES string of the molecule is Nc1ncnn2c(-c3ccc(Cl)c(C(=O)N[C@@H]4CN(C(=O)C5CCC(F)(F)CC5)C[C@@H]4F)c3)cc(CN3CCC(F)(F)CC3)c12. The van der Waals surface area contributed by atoms with Crippen LogP contribution in [0.4, 0.5) is 27.8 Å². The van der Waals surface area contributed by atoms with Crippen molar-refractivity contribution in [3.05, 3.63) is 46.7 Å². The van der Waals surface area contributed by atoms with Gasteiger partial charge in [0.15, 0.2) is 5.82 Å². The molecular weight excluding hydrogens is 621 g/mol. The van der Waals surface area contributed by atoms with E-state index in [9.17, 15) is 27.2 Å². The highest BCUT2D eigenvalue weighted by molar-refractivity contribution is 6.34. The van der Waals surface area contributed by atoms with Gasteiger partial charge in [0.2, 0.25) is 11.8 Å². The second-order valence-electron chi connectivity index (χ2n) is 12.3. The molecule has 1 saturated carbocycles. The van der Waals surface area contributed by atoms with Crippen LogP contribution in [-0.4, -0.2) is 86.4 Å². The second-order valence-corrected chi connectivity index (χ2v) is 12.7. The van der Waals surface area contributed by atoms with Gasteiger partial charge in [0.1, 0.15) is 18.0 Å². The van der Waals surface area contributed by atoms with E-state index in [1.165, 1.54) is 23.4 Å². The smallest absolute Gasteiger partial charge is 0.253 e. The van der Waals surface area contributed by atoms with Crippen LogP contribution in [0.15, 0.2) is 30.6 Å². The number of anilines is 1. The van der Waals surface area contributed by atoms with E-state index in [1.807, 2.05) is 11.0 Å². The minimum Gasteiger partial charge on any atom is -0.382 e. The first-order chi connectivity index (χ1) is 21.3. The lowest BCUT2D eigenvalue weighted by molar-refractivity contribution is -0.138. The van der Waals surface area contributed by atoms with E-state index in [0.29, 0.717) is 23.3 Å². The Balaban J connectivity index is 1.19. The molecule has 1 aliphatic carbocycles. The zero-order valence-corrected chi connectivity index (χ0v) is 25.1. The third kappa shape index (κ3) is 6.57. The molecule has 3 N–H and O–H groups in total. The number of hydrogen-bond acceptors (Lipinski definition) is 6. The van der Waals surface area contributed by atoms with Crippen molar-refractivity contribution >= 4 is 34.7 Å². The van der Waals surface area contributed by atoms with E-state index in [2.05, 4.69) is 15.4 Å². The van der Waals surface area contributed by atoms with E-state index < -0.39 is 35.9 Å². The number of benzene rings is 1. The molecule has 2 aromatic heterocycles. The molecule has 3 fully saturated rings. The monoisotopic (exact) mass is 653 g/mol. The summed E-state index contributed by atoms with van der Waals surface area (Å²) >= 11 is 6.40. The van der Waals surface area contributed by atoms with Crippen molar-refractivity contribution in [3.63, 3.8) is 0 Å². The lowest BCUT2D eigenvalue weighted by atomic mass is 9.86. The van der Waals surface area contributed by atoms with Crippen molar-refractivity contribution in [1.82, 2.24) is 29.7 Å². The normalized spacial score (nSPS) is 23.8. The molecule has 3 aliphatic rings. The van der Waals surface area contributed by atoms with Crippen molar-refractivity contribution in [1.29, 1.82) is 0 Å². The van der Waals surface area contributed by atoms with Crippen LogP contribution in [-0.2, 0) is 11.3 Å². The number of nitrogens with zero attached hydrogens (tertiary/aromatic N) is 5. The maximum absolute atomic E-state index is 15.0. The molecule has 2 saturated heterocycles. The summed E-state index contributed by atoms with van der Waals surface area (Å²) in [5.41, 5.74) is 8.62. The number of fused-ring (bicyclic) bond motifs is 1. The standard InChI is InChI=1S/C30H33ClF5N7O2/c31-21-2-1-18(24-12-19(25-26(37)38-16-39-43(24)25)13-41-9-7-30(35,36)8-10-41)11-20(21)27(44)40-23-15-42(14-22(23)32)28(45)17-3-5-29(33,34)6-4-17/h1-2,11-12,16-17,22-23H,3-10,13-15H2,(H,40,44)(H2,37,38,39)/t22-,23+/m0/s1. The summed E-state index contributed by atoms with van der Waals surface area (Å²) in [6.45, 7) is 0.459. The predicted octanol–water partition coefficient (Wildman–Crippen LogP) is 4.97. The molecular formula is C30H33ClF5N7O2. The van der Waals surface area contributed by atoms with Gasteiger partial charge in [-0.15, -0.1) is 0 Å². The number of nitrogens with one attached hydrogen (secondary N) is 1. The van der Waals surface area contributed by atoms with Crippen LogP contribution in [0.5, 0.6) is 0 Å². The Morgan fingerprint density at radius 2 is 1.71 bits per heavy atom. The maximum atomic E-state index is 15.0. The van der Waals surface area contributed by atoms with E-state index in [1.54, 1.807) is 10.6 Å². The summed E-state index contributed by atoms with van der Waals surface area (Å²) < 4.78 is 71.1. The minimum atomic E-state index is -2.78. The quantitative estimate of drug-likeness (QED) is 0.364. The Morgan fingerprint density at radius 1 is 1.02 bits per heavy atom. The van der Waals surface area contributed by atoms with E-state index >= 15 is 4.39 Å². The Labute approximate surface area is 260 Å². The molecule has 0 radical (unpaired) electrons. The summed E-state index contributed by atoms with van der Waals surface area (Å²) in [6.07, 6.45) is -1.40. The van der Waals surface area contributed by atoms with Gasteiger partial charge in [0.25, 0.3) is 11.8 Å². The Bertz CT molecular complexity index is 1600. The summed E-state index contributed by atoms with van der Waals surface area (Å²) in [4.78, 5) is 33.6. The molecule has 1 aromatic carbocycles. The molecule has 242 valence electrons. The number of hydrogen-bond donors (Lipinski definition) is 2. The zero-order chi connectivity index (χ0) is 32.1. The fourth-order valence-electron chi connectivity index (χ4n) is 6.48. The van der Waals surface area contributed by atoms with Gasteiger partial charge in [-0.05, 0) is 36.6 Å². The molecule has 0 unspecified atom stereocenters. The largest absolute Gasteiger partial charge is 0.382 e. The molecule has 2 aliphatic heterocycles. The van der Waals surface area contributed by atoms with Crippen molar-refractivity contribution in [2.45, 2.75) is 69.1 Å². The van der Waals surface area contributed by atoms with Gasteiger partial charge in [-0.2, -0.15) is 5.10 Å². The molecule has 0 bridgehead atoms. The first-order valence-corrected chi connectivity index (χ1v) is 15.3. The average molecular weight is 654 g/mol. The first-order valence-electron chi connectivity index (χ1n) is 14.9. The number of nitrogens with two attached hydrogens (primary N) is 1. The van der Waals surface area contributed by atoms with E-state index in [-0.39, 0.29) is 87.0 Å². The lowest BCUT2D eigenvalue weighted by Gasteiger charge is -2.31. The molecule has 2 atom stereocenters. The third-order valence-electron chi connectivity index (χ3n) is 9.09. The highest BCUT2D eigenvalue weighted by Crippen LogP contribution is 2.38. The Hall–Kier alpha value is -3.52. The lowest BCUT2D eigenvalue weighted by Crippen LogP contribution is -2.43. The Kier molecular flexibility index (Phi) is 8.40. The second kappa shape index (κ2) is 12.0. The average Bonchev–Trinajstić information content (AvgIpc) is 3.54. The van der Waals surface area contributed by atoms with E-state index in [0.717, 1.165) is 5.56 Å². The number of piperidine rings is 1. The van der Waals surface area contributed by atoms with Crippen molar-refractivity contribution in [3.8, 4) is 11.3 Å². The molecule has 4 heterocycles. The fourth-order valence-corrected chi connectivity index (χ4v) is 6.68. The number of halogens is 6. The van der Waals surface area contributed by atoms with Gasteiger partial charge in [0.05, 0.1) is 28.9 Å².